The van der Waals surface area contributed by atoms with Crippen LogP contribution in [0.5, 0.6) is 11.5 Å². The van der Waals surface area contributed by atoms with Gasteiger partial charge < -0.3 is 23.8 Å². The van der Waals surface area contributed by atoms with Crippen LogP contribution in [0.25, 0.3) is 0 Å². The highest BCUT2D eigenvalue weighted by Crippen LogP contribution is 2.44. The second-order valence-corrected chi connectivity index (χ2v) is 9.31. The van der Waals surface area contributed by atoms with Gasteiger partial charge in [0.25, 0.3) is 5.91 Å². The number of amides is 1. The first-order chi connectivity index (χ1) is 16.8. The summed E-state index contributed by atoms with van der Waals surface area (Å²) in [6, 6.07) is 14.4. The first kappa shape index (κ1) is 23.5. The quantitative estimate of drug-likeness (QED) is 0.614. The van der Waals surface area contributed by atoms with Crippen LogP contribution in [-0.4, -0.2) is 56.4 Å². The van der Waals surface area contributed by atoms with E-state index >= 15 is 0 Å². The summed E-state index contributed by atoms with van der Waals surface area (Å²) in [4.78, 5) is 15.0. The molecule has 5 rings (SSSR count). The Morgan fingerprint density at radius 2 is 2.06 bits per heavy atom. The molecule has 1 amide bonds. The number of piperidine rings is 1. The summed E-state index contributed by atoms with van der Waals surface area (Å²) in [5, 5.41) is 9.27. The van der Waals surface area contributed by atoms with E-state index in [-0.39, 0.29) is 44.2 Å². The van der Waals surface area contributed by atoms with Crippen LogP contribution in [0.3, 0.4) is 0 Å². The van der Waals surface area contributed by atoms with E-state index in [0.29, 0.717) is 42.1 Å². The number of fused-ring (bicyclic) bond motifs is 1. The van der Waals surface area contributed by atoms with Crippen molar-refractivity contribution >= 4 is 5.91 Å². The molecule has 3 aliphatic rings. The van der Waals surface area contributed by atoms with Crippen molar-refractivity contribution < 1.29 is 32.5 Å². The maximum Gasteiger partial charge on any atom is 0.254 e. The van der Waals surface area contributed by atoms with Crippen LogP contribution in [-0.2, 0) is 15.1 Å². The third-order valence-electron chi connectivity index (χ3n) is 7.07. The van der Waals surface area contributed by atoms with Crippen molar-refractivity contribution in [3.63, 3.8) is 0 Å². The Balaban J connectivity index is 1.27. The fourth-order valence-corrected chi connectivity index (χ4v) is 5.14. The van der Waals surface area contributed by atoms with E-state index in [2.05, 4.69) is 6.07 Å². The van der Waals surface area contributed by atoms with Gasteiger partial charge in [0.2, 0.25) is 5.92 Å². The molecule has 0 N–H and O–H groups in total. The Labute approximate surface area is 202 Å². The van der Waals surface area contributed by atoms with E-state index in [9.17, 15) is 18.8 Å². The fraction of sp³-hybridized carbons (Fsp3) is 0.462. The van der Waals surface area contributed by atoms with Crippen molar-refractivity contribution in [1.82, 2.24) is 4.90 Å². The third kappa shape index (κ3) is 4.44. The topological polar surface area (TPSA) is 81.0 Å². The molecule has 2 heterocycles. The molecule has 0 radical (unpaired) electrons. The van der Waals surface area contributed by atoms with Crippen molar-refractivity contribution in [2.75, 3.05) is 33.6 Å². The third-order valence-corrected chi connectivity index (χ3v) is 7.07. The minimum absolute atomic E-state index is 0.121. The standard InChI is InChI=1S/C26H26F2N2O5/c1-32-22-10-19(5-6-21(22)33-15-18-11-25(27,28)12-18)24(31)30-8-7-26(23(14-30)34-16-35-26)20-4-2-3-17(9-20)13-29/h2-6,9-10,18,23H,7-8,11-12,14-16H2,1H3/t23?,26-/m1/s1. The molecular formula is C26H26F2N2O5. The van der Waals surface area contributed by atoms with Crippen molar-refractivity contribution in [2.24, 2.45) is 5.92 Å². The Morgan fingerprint density at radius 3 is 2.80 bits per heavy atom. The molecule has 0 aromatic heterocycles. The molecule has 7 nitrogen and oxygen atoms in total. The molecule has 1 saturated carbocycles. The summed E-state index contributed by atoms with van der Waals surface area (Å²) in [5.74, 6) is -2.16. The lowest BCUT2D eigenvalue weighted by molar-refractivity contribution is -0.119. The number of nitrogens with zero attached hydrogens (tertiary/aromatic N) is 2. The molecule has 2 atom stereocenters. The molecule has 2 aliphatic heterocycles. The molecule has 1 aliphatic carbocycles. The second-order valence-electron chi connectivity index (χ2n) is 9.31. The lowest BCUT2D eigenvalue weighted by Crippen LogP contribution is -2.53. The average Bonchev–Trinajstić information content (AvgIpc) is 3.30. The molecule has 0 spiro atoms. The Kier molecular flexibility index (Phi) is 6.11. The molecule has 2 aromatic rings. The van der Waals surface area contributed by atoms with Crippen molar-refractivity contribution in [1.29, 1.82) is 5.26 Å². The fourth-order valence-electron chi connectivity index (χ4n) is 5.14. The van der Waals surface area contributed by atoms with Crippen LogP contribution in [0.4, 0.5) is 8.78 Å². The smallest absolute Gasteiger partial charge is 0.254 e. The van der Waals surface area contributed by atoms with Crippen LogP contribution >= 0.6 is 0 Å². The number of alkyl halides is 2. The molecule has 0 bridgehead atoms. The lowest BCUT2D eigenvalue weighted by Gasteiger charge is -2.42. The zero-order valence-electron chi connectivity index (χ0n) is 19.3. The number of carbonyl (C=O) groups is 1. The van der Waals surface area contributed by atoms with Gasteiger partial charge in [-0.25, -0.2) is 8.78 Å². The number of methoxy groups -OCH3 is 1. The summed E-state index contributed by atoms with van der Waals surface area (Å²) in [6.07, 6.45) is -0.172. The van der Waals surface area contributed by atoms with Crippen LogP contribution < -0.4 is 9.47 Å². The zero-order chi connectivity index (χ0) is 24.6. The van der Waals surface area contributed by atoms with E-state index in [1.807, 2.05) is 18.2 Å². The van der Waals surface area contributed by atoms with Gasteiger partial charge in [-0.15, -0.1) is 0 Å². The number of rotatable bonds is 6. The van der Waals surface area contributed by atoms with Crippen molar-refractivity contribution in [3.8, 4) is 17.6 Å². The SMILES string of the molecule is COc1cc(C(=O)N2CC[C@]3(c4cccc(C#N)c4)OCOC3C2)ccc1OCC1CC(F)(F)C1. The number of ether oxygens (including phenoxy) is 4. The highest BCUT2D eigenvalue weighted by atomic mass is 19.3. The van der Waals surface area contributed by atoms with E-state index in [4.69, 9.17) is 18.9 Å². The molecule has 1 unspecified atom stereocenters. The van der Waals surface area contributed by atoms with Crippen LogP contribution in [0, 0.1) is 17.2 Å². The highest BCUT2D eigenvalue weighted by Gasteiger charge is 2.51. The van der Waals surface area contributed by atoms with Crippen LogP contribution in [0.1, 0.15) is 40.7 Å². The Morgan fingerprint density at radius 1 is 1.23 bits per heavy atom. The van der Waals surface area contributed by atoms with Crippen LogP contribution in [0.15, 0.2) is 42.5 Å². The molecule has 184 valence electrons. The number of halogens is 2. The Bertz CT molecular complexity index is 1160. The zero-order valence-corrected chi connectivity index (χ0v) is 19.3. The summed E-state index contributed by atoms with van der Waals surface area (Å²) in [5.41, 5.74) is 1.16. The molecule has 2 aromatic carbocycles. The number of carbonyl (C=O) groups excluding carboxylic acids is 1. The molecule has 35 heavy (non-hydrogen) atoms. The Hall–Kier alpha value is -3.22. The predicted molar refractivity (Wildman–Crippen MR) is 120 cm³/mol. The van der Waals surface area contributed by atoms with E-state index < -0.39 is 11.5 Å². The number of likely N-dealkylation sites (tertiary alicyclic amines) is 1. The van der Waals surface area contributed by atoms with E-state index in [1.165, 1.54) is 7.11 Å². The van der Waals surface area contributed by atoms with Gasteiger partial charge >= 0.3 is 0 Å². The normalized spacial score (nSPS) is 25.3. The van der Waals surface area contributed by atoms with Gasteiger partial charge in [-0.05, 0) is 35.9 Å². The van der Waals surface area contributed by atoms with Gasteiger partial charge in [0, 0.05) is 37.3 Å². The number of benzene rings is 2. The van der Waals surface area contributed by atoms with Gasteiger partial charge in [-0.2, -0.15) is 5.26 Å². The van der Waals surface area contributed by atoms with Gasteiger partial charge in [-0.3, -0.25) is 4.79 Å². The van der Waals surface area contributed by atoms with E-state index in [1.54, 1.807) is 29.2 Å². The van der Waals surface area contributed by atoms with Crippen molar-refractivity contribution in [3.05, 3.63) is 59.2 Å². The summed E-state index contributed by atoms with van der Waals surface area (Å²) in [6.45, 7) is 1.09. The molecule has 9 heteroatoms. The summed E-state index contributed by atoms with van der Waals surface area (Å²) < 4.78 is 49.1. The van der Waals surface area contributed by atoms with E-state index in [0.717, 1.165) is 5.56 Å². The highest BCUT2D eigenvalue weighted by molar-refractivity contribution is 5.95. The monoisotopic (exact) mass is 484 g/mol. The second kappa shape index (κ2) is 9.10. The molecule has 2 saturated heterocycles. The number of hydrogen-bond acceptors (Lipinski definition) is 6. The predicted octanol–water partition coefficient (Wildman–Crippen LogP) is 4.11. The summed E-state index contributed by atoms with van der Waals surface area (Å²) >= 11 is 0. The first-order valence-corrected chi connectivity index (χ1v) is 11.6. The average molecular weight is 484 g/mol. The minimum Gasteiger partial charge on any atom is -0.493 e. The largest absolute Gasteiger partial charge is 0.493 e. The lowest BCUT2D eigenvalue weighted by atomic mass is 9.81. The molecular weight excluding hydrogens is 458 g/mol. The van der Waals surface area contributed by atoms with Gasteiger partial charge in [0.05, 0.1) is 31.9 Å². The van der Waals surface area contributed by atoms with Gasteiger partial charge in [0.15, 0.2) is 11.5 Å². The van der Waals surface area contributed by atoms with Crippen LogP contribution in [0.2, 0.25) is 0 Å². The maximum absolute atomic E-state index is 13.3. The number of hydrogen-bond donors (Lipinski definition) is 0. The number of nitriles is 1. The molecule has 3 fully saturated rings. The summed E-state index contributed by atoms with van der Waals surface area (Å²) in [7, 11) is 1.47. The van der Waals surface area contributed by atoms with Gasteiger partial charge in [-0.1, -0.05) is 12.1 Å². The van der Waals surface area contributed by atoms with Crippen molar-refractivity contribution in [2.45, 2.75) is 36.9 Å². The van der Waals surface area contributed by atoms with Gasteiger partial charge in [0.1, 0.15) is 18.5 Å². The maximum atomic E-state index is 13.3. The first-order valence-electron chi connectivity index (χ1n) is 11.6. The minimum atomic E-state index is -2.59.